The molecule has 0 bridgehead atoms. The van der Waals surface area contributed by atoms with Crippen LogP contribution in [0.2, 0.25) is 5.02 Å². The number of methoxy groups -OCH3 is 1. The first kappa shape index (κ1) is 33.3. The monoisotopic (exact) mass is 687 g/mol. The van der Waals surface area contributed by atoms with Crippen LogP contribution in [-0.4, -0.2) is 81.7 Å². The number of carbonyl (C=O) groups excluding carboxylic acids is 2. The molecule has 0 aliphatic carbocycles. The molecule has 5 rings (SSSR count). The van der Waals surface area contributed by atoms with E-state index in [0.717, 1.165) is 35.0 Å². The van der Waals surface area contributed by atoms with Gasteiger partial charge in [-0.05, 0) is 30.3 Å². The lowest BCUT2D eigenvalue weighted by Crippen LogP contribution is -2.49. The number of sulfonamides is 1. The molecular formula is C29H27ClF5N5O5S. The standard InChI is InChI=1S/C29H27ClF5N5O5S/c1-45-18-13-20(31)23(21(32)14-18)19-15-40(28(42)25(19)37-27(41)16-3-5-17(30)6-4-16)26-24(29(33,34)35)22(7-8-36-26)38-9-11-39(12-10-38)46(2,43)44/h3-8,13-14,19,25H,9-12,15H2,1-2H3,(H,37,41)/t19-,25-/m0/s1. The molecule has 0 radical (unpaired) electrons. The maximum absolute atomic E-state index is 15.3. The summed E-state index contributed by atoms with van der Waals surface area (Å²) >= 11 is 5.89. The third-order valence-corrected chi connectivity index (χ3v) is 9.42. The van der Waals surface area contributed by atoms with Gasteiger partial charge in [0.2, 0.25) is 10.0 Å². The van der Waals surface area contributed by atoms with Gasteiger partial charge in [0.15, 0.2) is 0 Å². The molecular weight excluding hydrogens is 661 g/mol. The van der Waals surface area contributed by atoms with Gasteiger partial charge in [-0.1, -0.05) is 11.6 Å². The van der Waals surface area contributed by atoms with Crippen LogP contribution in [0.5, 0.6) is 5.75 Å². The molecule has 2 atom stereocenters. The van der Waals surface area contributed by atoms with E-state index in [4.69, 9.17) is 16.3 Å². The summed E-state index contributed by atoms with van der Waals surface area (Å²) in [5, 5.41) is 2.74. The van der Waals surface area contributed by atoms with E-state index in [2.05, 4.69) is 10.3 Å². The summed E-state index contributed by atoms with van der Waals surface area (Å²) in [6.07, 6.45) is -3.01. The number of alkyl halides is 3. The van der Waals surface area contributed by atoms with Gasteiger partial charge >= 0.3 is 6.18 Å². The molecule has 1 N–H and O–H groups in total. The summed E-state index contributed by atoms with van der Waals surface area (Å²) < 4.78 is 105. The van der Waals surface area contributed by atoms with Crippen molar-refractivity contribution >= 4 is 44.9 Å². The first-order chi connectivity index (χ1) is 21.6. The van der Waals surface area contributed by atoms with Crippen LogP contribution in [0.3, 0.4) is 0 Å². The summed E-state index contributed by atoms with van der Waals surface area (Å²) in [4.78, 5) is 32.9. The fourth-order valence-electron chi connectivity index (χ4n) is 5.64. The van der Waals surface area contributed by atoms with Gasteiger partial charge in [0.1, 0.15) is 34.8 Å². The number of piperazine rings is 1. The minimum Gasteiger partial charge on any atom is -0.497 e. The number of ether oxygens (including phenoxy) is 1. The van der Waals surface area contributed by atoms with E-state index in [1.165, 1.54) is 36.3 Å². The maximum atomic E-state index is 15.3. The van der Waals surface area contributed by atoms with Crippen LogP contribution in [0.25, 0.3) is 0 Å². The van der Waals surface area contributed by atoms with Crippen molar-refractivity contribution in [1.29, 1.82) is 0 Å². The topological polar surface area (TPSA) is 112 Å². The highest BCUT2D eigenvalue weighted by molar-refractivity contribution is 7.88. The van der Waals surface area contributed by atoms with E-state index in [-0.39, 0.29) is 43.2 Å². The van der Waals surface area contributed by atoms with Gasteiger partial charge in [0, 0.05) is 73.1 Å². The molecule has 2 amide bonds. The van der Waals surface area contributed by atoms with Gasteiger partial charge in [-0.15, -0.1) is 0 Å². The van der Waals surface area contributed by atoms with Crippen molar-refractivity contribution in [1.82, 2.24) is 14.6 Å². The SMILES string of the molecule is COc1cc(F)c([C@@H]2CN(c3nccc(N4CCN(S(C)(=O)=O)CC4)c3C(F)(F)F)C(=O)[C@H]2NC(=O)c2ccc(Cl)cc2)c(F)c1. The van der Waals surface area contributed by atoms with Crippen molar-refractivity contribution in [2.24, 2.45) is 0 Å². The highest BCUT2D eigenvalue weighted by atomic mass is 35.5. The molecule has 2 aliphatic heterocycles. The Morgan fingerprint density at radius 3 is 2.20 bits per heavy atom. The van der Waals surface area contributed by atoms with Gasteiger partial charge in [0.25, 0.3) is 11.8 Å². The first-order valence-corrected chi connectivity index (χ1v) is 16.0. The fourth-order valence-corrected chi connectivity index (χ4v) is 6.60. The number of hydrogen-bond acceptors (Lipinski definition) is 7. The van der Waals surface area contributed by atoms with Crippen molar-refractivity contribution < 1.29 is 44.7 Å². The largest absolute Gasteiger partial charge is 0.497 e. The molecule has 2 aromatic carbocycles. The first-order valence-electron chi connectivity index (χ1n) is 13.8. The van der Waals surface area contributed by atoms with Crippen LogP contribution < -0.4 is 19.9 Å². The predicted molar refractivity (Wildman–Crippen MR) is 159 cm³/mol. The van der Waals surface area contributed by atoms with Crippen LogP contribution >= 0.6 is 11.6 Å². The second-order valence-corrected chi connectivity index (χ2v) is 13.1. The number of aromatic nitrogens is 1. The van der Waals surface area contributed by atoms with E-state index >= 15 is 8.78 Å². The zero-order chi connectivity index (χ0) is 33.6. The number of pyridine rings is 1. The van der Waals surface area contributed by atoms with E-state index in [0.29, 0.717) is 9.92 Å². The van der Waals surface area contributed by atoms with Gasteiger partial charge in [-0.3, -0.25) is 14.5 Å². The number of benzene rings is 2. The normalized spacial score (nSPS) is 19.4. The second-order valence-electron chi connectivity index (χ2n) is 10.7. The average molecular weight is 688 g/mol. The van der Waals surface area contributed by atoms with E-state index in [9.17, 15) is 31.2 Å². The number of nitrogens with zero attached hydrogens (tertiary/aromatic N) is 4. The Bertz CT molecular complexity index is 1750. The molecule has 246 valence electrons. The van der Waals surface area contributed by atoms with Gasteiger partial charge in [0.05, 0.1) is 19.1 Å². The molecule has 2 aliphatic rings. The molecule has 1 aromatic heterocycles. The highest BCUT2D eigenvalue weighted by Crippen LogP contribution is 2.45. The molecule has 2 saturated heterocycles. The third kappa shape index (κ3) is 6.59. The highest BCUT2D eigenvalue weighted by Gasteiger charge is 2.49. The van der Waals surface area contributed by atoms with Crippen LogP contribution in [0.1, 0.15) is 27.4 Å². The van der Waals surface area contributed by atoms with Crippen LogP contribution in [0.4, 0.5) is 33.5 Å². The lowest BCUT2D eigenvalue weighted by molar-refractivity contribution is -0.136. The van der Waals surface area contributed by atoms with Gasteiger partial charge in [-0.2, -0.15) is 17.5 Å². The fraction of sp³-hybridized carbons (Fsp3) is 0.345. The number of rotatable bonds is 7. The summed E-state index contributed by atoms with van der Waals surface area (Å²) in [7, 11) is -2.39. The Kier molecular flexibility index (Phi) is 9.16. The number of anilines is 2. The molecule has 10 nitrogen and oxygen atoms in total. The molecule has 2 fully saturated rings. The van der Waals surface area contributed by atoms with E-state index < -0.39 is 75.1 Å². The number of amides is 2. The Hall–Kier alpha value is -4.02. The smallest absolute Gasteiger partial charge is 0.421 e. The van der Waals surface area contributed by atoms with Crippen molar-refractivity contribution in [3.63, 3.8) is 0 Å². The zero-order valence-electron chi connectivity index (χ0n) is 24.3. The predicted octanol–water partition coefficient (Wildman–Crippen LogP) is 4.05. The number of hydrogen-bond donors (Lipinski definition) is 1. The van der Waals surface area contributed by atoms with Crippen LogP contribution in [0.15, 0.2) is 48.7 Å². The summed E-state index contributed by atoms with van der Waals surface area (Å²) in [5.74, 6) is -6.68. The van der Waals surface area contributed by atoms with Crippen molar-refractivity contribution in [2.75, 3.05) is 55.9 Å². The lowest BCUT2D eigenvalue weighted by atomic mass is 9.92. The minimum absolute atomic E-state index is 0.0365. The molecule has 46 heavy (non-hydrogen) atoms. The molecule has 17 heteroatoms. The molecule has 0 saturated carbocycles. The van der Waals surface area contributed by atoms with E-state index in [1.54, 1.807) is 0 Å². The molecule has 0 unspecified atom stereocenters. The Morgan fingerprint density at radius 2 is 1.65 bits per heavy atom. The third-order valence-electron chi connectivity index (χ3n) is 7.86. The Labute approximate surface area is 265 Å². The second kappa shape index (κ2) is 12.6. The van der Waals surface area contributed by atoms with Gasteiger partial charge in [-0.25, -0.2) is 22.2 Å². The maximum Gasteiger partial charge on any atom is 0.421 e. The van der Waals surface area contributed by atoms with Crippen molar-refractivity contribution in [3.8, 4) is 5.75 Å². The Balaban J connectivity index is 1.57. The Morgan fingerprint density at radius 1 is 1.04 bits per heavy atom. The van der Waals surface area contributed by atoms with E-state index in [1.807, 2.05) is 0 Å². The van der Waals surface area contributed by atoms with Crippen molar-refractivity contribution in [3.05, 3.63) is 82.0 Å². The van der Waals surface area contributed by atoms with Gasteiger partial charge < -0.3 is 15.0 Å². The average Bonchev–Trinajstić information content (AvgIpc) is 3.30. The molecule has 3 aromatic rings. The lowest BCUT2D eigenvalue weighted by Gasteiger charge is -2.36. The van der Waals surface area contributed by atoms with Crippen LogP contribution in [0, 0.1) is 11.6 Å². The quantitative estimate of drug-likeness (QED) is 0.373. The summed E-state index contributed by atoms with van der Waals surface area (Å²) in [6, 6.07) is 6.61. The van der Waals surface area contributed by atoms with Crippen molar-refractivity contribution in [2.45, 2.75) is 18.1 Å². The number of nitrogens with one attached hydrogen (secondary N) is 1. The number of carbonyl (C=O) groups is 2. The number of halogens is 6. The molecule has 0 spiro atoms. The summed E-state index contributed by atoms with van der Waals surface area (Å²) in [5.41, 5.74) is -2.25. The van der Waals surface area contributed by atoms with Crippen LogP contribution in [-0.2, 0) is 21.0 Å². The zero-order valence-corrected chi connectivity index (χ0v) is 25.9. The summed E-state index contributed by atoms with van der Waals surface area (Å²) in [6.45, 7) is -0.997. The molecule has 3 heterocycles. The minimum atomic E-state index is -5.07.